The van der Waals surface area contributed by atoms with Crippen LogP contribution < -0.4 is 4.58 Å². The van der Waals surface area contributed by atoms with Crippen LogP contribution in [-0.2, 0) is 0 Å². The second-order valence-corrected chi connectivity index (χ2v) is 15.1. The van der Waals surface area contributed by atoms with Crippen LogP contribution in [0.1, 0.15) is 18.1 Å². The van der Waals surface area contributed by atoms with Crippen molar-refractivity contribution in [2.75, 3.05) is 0 Å². The zero-order chi connectivity index (χ0) is 40.0. The van der Waals surface area contributed by atoms with Crippen LogP contribution in [0.25, 0.3) is 83.6 Å². The molecule has 5 heteroatoms. The Morgan fingerprint density at radius 2 is 1.02 bits per heavy atom. The van der Waals surface area contributed by atoms with E-state index in [2.05, 4.69) is 168 Å². The number of nitrogens with zero attached hydrogens (tertiary/aromatic N) is 5. The number of benzene rings is 8. The molecule has 0 fully saturated rings. The van der Waals surface area contributed by atoms with Crippen molar-refractivity contribution in [2.24, 2.45) is 0 Å². The van der Waals surface area contributed by atoms with Crippen LogP contribution in [0, 0.1) is 0 Å². The molecule has 0 atom stereocenters. The monoisotopic (exact) mass is 768 g/mol. The lowest BCUT2D eigenvalue weighted by molar-refractivity contribution is 1.08. The van der Waals surface area contributed by atoms with Gasteiger partial charge >= 0.3 is 0 Å². The molecule has 0 unspecified atom stereocenters. The average Bonchev–Trinajstić information content (AvgIpc) is 3.64. The maximum Gasteiger partial charge on any atom is 0.218 e. The van der Waals surface area contributed by atoms with Crippen molar-refractivity contribution < 1.29 is 0 Å². The second-order valence-electron chi connectivity index (χ2n) is 15.1. The fourth-order valence-electron chi connectivity index (χ4n) is 8.62. The summed E-state index contributed by atoms with van der Waals surface area (Å²) in [5, 5.41) is 4.58. The molecule has 0 saturated carbocycles. The topological polar surface area (TPSA) is 46.6 Å². The first kappa shape index (κ1) is 35.2. The standard InChI is InChI=1S/C55H38N5/c1-37-35-41(33-34-59(42-21-9-4-10-22-42)49-27-15-13-23-43(37)49)40-29-31-52-48(36-40)46-26-14-16-28-50(46)60(52)51-32-30-47(44-24-11-12-25-45(44)51)55-57-53(38-17-5-2-6-18-38)56-54(58-55)39-19-7-3-8-20-39/h2-36H,1H3/q+1/b34-33?,37-35+,41-33+,41-35?,43-37?. The normalized spacial score (nSPS) is 14.4. The van der Waals surface area contributed by atoms with Gasteiger partial charge in [-0.2, -0.15) is 4.58 Å². The van der Waals surface area contributed by atoms with Gasteiger partial charge in [-0.05, 0) is 65.4 Å². The minimum atomic E-state index is 0.637. The smallest absolute Gasteiger partial charge is 0.218 e. The van der Waals surface area contributed by atoms with Crippen LogP contribution in [0.3, 0.4) is 0 Å². The molecule has 0 saturated heterocycles. The highest BCUT2D eigenvalue weighted by Gasteiger charge is 2.22. The van der Waals surface area contributed by atoms with Gasteiger partial charge < -0.3 is 4.57 Å². The lowest BCUT2D eigenvalue weighted by atomic mass is 9.96. The highest BCUT2D eigenvalue weighted by atomic mass is 15.0. The highest BCUT2D eigenvalue weighted by Crippen LogP contribution is 2.40. The van der Waals surface area contributed by atoms with Crippen LogP contribution in [0.15, 0.2) is 206 Å². The Labute approximate surface area is 348 Å². The van der Waals surface area contributed by atoms with E-state index >= 15 is 0 Å². The van der Waals surface area contributed by atoms with Crippen LogP contribution >= 0.6 is 0 Å². The van der Waals surface area contributed by atoms with Crippen LogP contribution in [0.4, 0.5) is 11.4 Å². The third-order valence-electron chi connectivity index (χ3n) is 11.5. The molecule has 0 aliphatic carbocycles. The Morgan fingerprint density at radius 1 is 0.433 bits per heavy atom. The van der Waals surface area contributed by atoms with Gasteiger partial charge in [0.2, 0.25) is 11.4 Å². The Morgan fingerprint density at radius 3 is 1.75 bits per heavy atom. The number of para-hydroxylation sites is 3. The molecule has 0 N–H and O–H groups in total. The van der Waals surface area contributed by atoms with E-state index in [1.807, 2.05) is 60.7 Å². The van der Waals surface area contributed by atoms with E-state index in [0.29, 0.717) is 17.5 Å². The second kappa shape index (κ2) is 14.7. The first-order valence-corrected chi connectivity index (χ1v) is 20.3. The average molecular weight is 769 g/mol. The van der Waals surface area contributed by atoms with E-state index in [1.54, 1.807) is 0 Å². The first-order valence-electron chi connectivity index (χ1n) is 20.3. The molecule has 0 amide bonds. The summed E-state index contributed by atoms with van der Waals surface area (Å²) in [6, 6.07) is 68.1. The number of hydrogen-bond acceptors (Lipinski definition) is 3. The van der Waals surface area contributed by atoms with Crippen LogP contribution in [-0.4, -0.2) is 25.7 Å². The van der Waals surface area contributed by atoms with Gasteiger partial charge in [-0.15, -0.1) is 0 Å². The van der Waals surface area contributed by atoms with E-state index in [0.717, 1.165) is 66.7 Å². The minimum Gasteiger partial charge on any atom is -0.309 e. The maximum absolute atomic E-state index is 5.10. The van der Waals surface area contributed by atoms with Crippen molar-refractivity contribution in [3.05, 3.63) is 217 Å². The SMILES string of the molecule is C/C1=C\C(c2ccc3c(c2)c2ccccc2n3-c2ccc(-c3nc(-c4ccccc4)nc(-c4ccccc4)n3)c3ccccc23)=C/C=[N+](c2ccccc2)c2ccccc21. The Balaban J connectivity index is 1.08. The molecule has 5 nitrogen and oxygen atoms in total. The Hall–Kier alpha value is -8.02. The molecule has 8 aromatic carbocycles. The van der Waals surface area contributed by atoms with Crippen molar-refractivity contribution >= 4 is 61.3 Å². The third-order valence-corrected chi connectivity index (χ3v) is 11.5. The summed E-state index contributed by atoms with van der Waals surface area (Å²) in [4.78, 5) is 15.2. The number of hydrogen-bond donors (Lipinski definition) is 0. The van der Waals surface area contributed by atoms with Gasteiger partial charge in [0.15, 0.2) is 23.7 Å². The molecular weight excluding hydrogens is 731 g/mol. The lowest BCUT2D eigenvalue weighted by Crippen LogP contribution is -2.08. The van der Waals surface area contributed by atoms with E-state index in [1.165, 1.54) is 21.9 Å². The van der Waals surface area contributed by atoms with E-state index in [4.69, 9.17) is 15.0 Å². The summed E-state index contributed by atoms with van der Waals surface area (Å²) >= 11 is 0. The minimum absolute atomic E-state index is 0.637. The predicted molar refractivity (Wildman–Crippen MR) is 250 cm³/mol. The summed E-state index contributed by atoms with van der Waals surface area (Å²) < 4.78 is 4.69. The molecule has 1 aliphatic heterocycles. The van der Waals surface area contributed by atoms with Gasteiger partial charge in [-0.3, -0.25) is 0 Å². The molecule has 0 spiro atoms. The van der Waals surface area contributed by atoms with Crippen molar-refractivity contribution in [1.82, 2.24) is 24.1 Å². The van der Waals surface area contributed by atoms with Crippen LogP contribution in [0.5, 0.6) is 0 Å². The van der Waals surface area contributed by atoms with Gasteiger partial charge in [0.1, 0.15) is 0 Å². The molecule has 1 aliphatic rings. The van der Waals surface area contributed by atoms with E-state index < -0.39 is 0 Å². The quantitative estimate of drug-likeness (QED) is 0.158. The zero-order valence-corrected chi connectivity index (χ0v) is 32.9. The fourth-order valence-corrected chi connectivity index (χ4v) is 8.62. The summed E-state index contributed by atoms with van der Waals surface area (Å²) in [7, 11) is 0. The molecule has 2 aromatic heterocycles. The third kappa shape index (κ3) is 6.12. The van der Waals surface area contributed by atoms with Crippen LogP contribution in [0.2, 0.25) is 0 Å². The molecule has 60 heavy (non-hydrogen) atoms. The number of allylic oxidation sites excluding steroid dienone is 4. The van der Waals surface area contributed by atoms with Gasteiger partial charge in [-0.1, -0.05) is 146 Å². The molecule has 11 rings (SSSR count). The molecule has 0 radical (unpaired) electrons. The summed E-state index contributed by atoms with van der Waals surface area (Å²) in [5.74, 6) is 1.92. The fraction of sp³-hybridized carbons (Fsp3) is 0.0182. The molecule has 0 bridgehead atoms. The summed E-state index contributed by atoms with van der Waals surface area (Å²) in [6.07, 6.45) is 6.76. The number of rotatable bonds is 6. The highest BCUT2D eigenvalue weighted by molar-refractivity contribution is 6.13. The Kier molecular flexibility index (Phi) is 8.63. The number of aromatic nitrogens is 4. The van der Waals surface area contributed by atoms with Gasteiger partial charge in [0, 0.05) is 62.7 Å². The molecule has 10 aromatic rings. The lowest BCUT2D eigenvalue weighted by Gasteiger charge is -2.15. The number of fused-ring (bicyclic) bond motifs is 5. The van der Waals surface area contributed by atoms with Crippen molar-refractivity contribution in [3.8, 4) is 39.9 Å². The molecular formula is C55H38N5+. The zero-order valence-electron chi connectivity index (χ0n) is 32.9. The summed E-state index contributed by atoms with van der Waals surface area (Å²) in [6.45, 7) is 2.21. The molecule has 282 valence electrons. The van der Waals surface area contributed by atoms with Gasteiger partial charge in [-0.25, -0.2) is 15.0 Å². The van der Waals surface area contributed by atoms with E-state index in [-0.39, 0.29) is 0 Å². The molecule has 3 heterocycles. The predicted octanol–water partition coefficient (Wildman–Crippen LogP) is 13.5. The largest absolute Gasteiger partial charge is 0.309 e. The van der Waals surface area contributed by atoms with E-state index in [9.17, 15) is 0 Å². The van der Waals surface area contributed by atoms with Crippen molar-refractivity contribution in [3.63, 3.8) is 0 Å². The van der Waals surface area contributed by atoms with Crippen molar-refractivity contribution in [2.45, 2.75) is 6.92 Å². The van der Waals surface area contributed by atoms with Crippen molar-refractivity contribution in [1.29, 1.82) is 0 Å². The van der Waals surface area contributed by atoms with Gasteiger partial charge in [0.25, 0.3) is 0 Å². The first-order chi connectivity index (χ1) is 29.7. The van der Waals surface area contributed by atoms with Gasteiger partial charge in [0.05, 0.1) is 16.7 Å². The maximum atomic E-state index is 5.10. The Bertz CT molecular complexity index is 3300. The summed E-state index contributed by atoms with van der Waals surface area (Å²) in [5.41, 5.74) is 13.2.